The fraction of sp³-hybridized carbons (Fsp3) is 0.138. The van der Waals surface area contributed by atoms with Crippen LogP contribution in [-0.2, 0) is 18.8 Å². The fourth-order valence-corrected chi connectivity index (χ4v) is 5.24. The zero-order valence-corrected chi connectivity index (χ0v) is 21.8. The molecule has 0 radical (unpaired) electrons. The molecule has 0 aliphatic heterocycles. The van der Waals surface area contributed by atoms with Crippen molar-refractivity contribution in [3.05, 3.63) is 119 Å². The van der Waals surface area contributed by atoms with E-state index in [1.54, 1.807) is 25.1 Å². The summed E-state index contributed by atoms with van der Waals surface area (Å²) in [6.45, 7) is 1.06. The molecule has 0 saturated heterocycles. The van der Waals surface area contributed by atoms with Crippen molar-refractivity contribution in [3.63, 3.8) is 0 Å². The zero-order chi connectivity index (χ0) is 25.6. The van der Waals surface area contributed by atoms with Crippen molar-refractivity contribution in [1.82, 2.24) is 19.9 Å². The molecule has 1 amide bonds. The van der Waals surface area contributed by atoms with Gasteiger partial charge in [-0.2, -0.15) is 0 Å². The Bertz CT molecular complexity index is 1520. The third kappa shape index (κ3) is 5.96. The van der Waals surface area contributed by atoms with E-state index in [2.05, 4.69) is 14.9 Å². The highest BCUT2D eigenvalue weighted by Gasteiger charge is 2.14. The van der Waals surface area contributed by atoms with E-state index in [0.717, 1.165) is 43.7 Å². The van der Waals surface area contributed by atoms with Crippen LogP contribution in [0, 0.1) is 0 Å². The van der Waals surface area contributed by atoms with Gasteiger partial charge in [-0.05, 0) is 53.1 Å². The number of methoxy groups -OCH3 is 1. The van der Waals surface area contributed by atoms with E-state index in [-0.39, 0.29) is 5.91 Å². The highest BCUT2D eigenvalue weighted by atomic mass is 35.5. The number of halogens is 1. The lowest BCUT2D eigenvalue weighted by molar-refractivity contribution is 0.0951. The number of amides is 1. The molecule has 2 heterocycles. The maximum Gasteiger partial charge on any atom is 0.251 e. The Morgan fingerprint density at radius 1 is 1.00 bits per heavy atom. The first kappa shape index (κ1) is 24.9. The number of ether oxygens (including phenoxy) is 1. The summed E-state index contributed by atoms with van der Waals surface area (Å²) in [6, 6.07) is 25.1. The summed E-state index contributed by atoms with van der Waals surface area (Å²) in [6.07, 6.45) is 3.59. The van der Waals surface area contributed by atoms with Crippen LogP contribution in [0.1, 0.15) is 27.0 Å². The lowest BCUT2D eigenvalue weighted by Crippen LogP contribution is -2.22. The molecule has 1 N–H and O–H groups in total. The van der Waals surface area contributed by atoms with E-state index in [1.165, 1.54) is 0 Å². The molecule has 3 aromatic carbocycles. The van der Waals surface area contributed by atoms with Crippen LogP contribution in [0.5, 0.6) is 5.75 Å². The van der Waals surface area contributed by atoms with Gasteiger partial charge in [0, 0.05) is 29.1 Å². The molecule has 0 aliphatic rings. The second kappa shape index (κ2) is 11.5. The van der Waals surface area contributed by atoms with Gasteiger partial charge in [0.05, 0.1) is 30.9 Å². The second-order valence-electron chi connectivity index (χ2n) is 8.45. The molecule has 0 bridgehead atoms. The van der Waals surface area contributed by atoms with Gasteiger partial charge in [-0.3, -0.25) is 9.78 Å². The standard InChI is InChI=1S/C29H25ClN4O2S/c1-36-24-12-8-20(9-13-24)16-32-28(35)22-10-6-21(7-11-22)18-34-27-17-31-15-14-26(27)33-29(34)37-19-23-4-2-3-5-25(23)30/h2-15,17H,16,18-19H2,1H3,(H,32,35). The average molecular weight is 529 g/mol. The molecule has 0 fully saturated rings. The van der Waals surface area contributed by atoms with Crippen LogP contribution >= 0.6 is 23.4 Å². The molecular formula is C29H25ClN4O2S. The van der Waals surface area contributed by atoms with Gasteiger partial charge in [0.25, 0.3) is 5.91 Å². The highest BCUT2D eigenvalue weighted by Crippen LogP contribution is 2.29. The van der Waals surface area contributed by atoms with Gasteiger partial charge in [0.2, 0.25) is 0 Å². The van der Waals surface area contributed by atoms with Gasteiger partial charge in [-0.25, -0.2) is 4.98 Å². The maximum atomic E-state index is 12.7. The van der Waals surface area contributed by atoms with Gasteiger partial charge in [0.1, 0.15) is 5.75 Å². The van der Waals surface area contributed by atoms with E-state index in [0.29, 0.717) is 24.4 Å². The molecule has 0 atom stereocenters. The minimum Gasteiger partial charge on any atom is -0.497 e. The molecule has 0 unspecified atom stereocenters. The lowest BCUT2D eigenvalue weighted by atomic mass is 10.1. The van der Waals surface area contributed by atoms with E-state index < -0.39 is 0 Å². The molecular weight excluding hydrogens is 504 g/mol. The van der Waals surface area contributed by atoms with Crippen LogP contribution in [0.15, 0.2) is 96.4 Å². The Morgan fingerprint density at radius 2 is 1.76 bits per heavy atom. The van der Waals surface area contributed by atoms with Crippen molar-refractivity contribution >= 4 is 40.3 Å². The van der Waals surface area contributed by atoms with E-state index in [9.17, 15) is 4.79 Å². The Hall–Kier alpha value is -3.81. The van der Waals surface area contributed by atoms with E-state index >= 15 is 0 Å². The Kier molecular flexibility index (Phi) is 7.73. The number of benzene rings is 3. The highest BCUT2D eigenvalue weighted by molar-refractivity contribution is 7.98. The third-order valence-corrected chi connectivity index (χ3v) is 7.39. The molecule has 5 aromatic rings. The minimum absolute atomic E-state index is 0.115. The zero-order valence-electron chi connectivity index (χ0n) is 20.2. The first-order valence-electron chi connectivity index (χ1n) is 11.8. The van der Waals surface area contributed by atoms with Gasteiger partial charge < -0.3 is 14.6 Å². The van der Waals surface area contributed by atoms with Gasteiger partial charge >= 0.3 is 0 Å². The summed E-state index contributed by atoms with van der Waals surface area (Å²) < 4.78 is 7.33. The molecule has 6 nitrogen and oxygen atoms in total. The topological polar surface area (TPSA) is 69.0 Å². The minimum atomic E-state index is -0.115. The largest absolute Gasteiger partial charge is 0.497 e. The van der Waals surface area contributed by atoms with Crippen molar-refractivity contribution in [3.8, 4) is 5.75 Å². The number of imidazole rings is 1. The first-order valence-corrected chi connectivity index (χ1v) is 13.1. The number of rotatable bonds is 9. The Balaban J connectivity index is 1.28. The normalized spacial score (nSPS) is 11.0. The molecule has 8 heteroatoms. The van der Waals surface area contributed by atoms with Crippen LogP contribution in [0.4, 0.5) is 0 Å². The second-order valence-corrected chi connectivity index (χ2v) is 9.80. The summed E-state index contributed by atoms with van der Waals surface area (Å²) in [7, 11) is 1.63. The third-order valence-electron chi connectivity index (χ3n) is 6.00. The number of nitrogens with one attached hydrogen (secondary N) is 1. The van der Waals surface area contributed by atoms with Crippen molar-refractivity contribution in [2.24, 2.45) is 0 Å². The van der Waals surface area contributed by atoms with Crippen LogP contribution < -0.4 is 10.1 Å². The molecule has 5 rings (SSSR count). The molecule has 0 saturated carbocycles. The van der Waals surface area contributed by atoms with E-state index in [4.69, 9.17) is 21.3 Å². The van der Waals surface area contributed by atoms with Crippen molar-refractivity contribution in [1.29, 1.82) is 0 Å². The van der Waals surface area contributed by atoms with Crippen LogP contribution in [-0.4, -0.2) is 27.6 Å². The summed E-state index contributed by atoms with van der Waals surface area (Å²) >= 11 is 8.00. The number of aromatic nitrogens is 3. The van der Waals surface area contributed by atoms with E-state index in [1.807, 2.05) is 85.1 Å². The molecule has 0 spiro atoms. The van der Waals surface area contributed by atoms with Crippen molar-refractivity contribution < 1.29 is 9.53 Å². The van der Waals surface area contributed by atoms with Crippen molar-refractivity contribution in [2.75, 3.05) is 7.11 Å². The monoisotopic (exact) mass is 528 g/mol. The van der Waals surface area contributed by atoms with Crippen LogP contribution in [0.25, 0.3) is 11.0 Å². The van der Waals surface area contributed by atoms with Gasteiger partial charge in [-0.15, -0.1) is 0 Å². The number of pyridine rings is 1. The van der Waals surface area contributed by atoms with Gasteiger partial charge in [0.15, 0.2) is 5.16 Å². The molecule has 37 heavy (non-hydrogen) atoms. The summed E-state index contributed by atoms with van der Waals surface area (Å²) in [5.41, 5.74) is 5.61. The maximum absolute atomic E-state index is 12.7. The quantitative estimate of drug-likeness (QED) is 0.225. The number of hydrogen-bond acceptors (Lipinski definition) is 5. The number of carbonyl (C=O) groups excluding carboxylic acids is 1. The van der Waals surface area contributed by atoms with Crippen LogP contribution in [0.3, 0.4) is 0 Å². The SMILES string of the molecule is COc1ccc(CNC(=O)c2ccc(Cn3c(SCc4ccccc4Cl)nc4ccncc43)cc2)cc1. The molecule has 186 valence electrons. The fourth-order valence-electron chi connectivity index (χ4n) is 3.94. The molecule has 0 aliphatic carbocycles. The number of carbonyl (C=O) groups is 1. The summed E-state index contributed by atoms with van der Waals surface area (Å²) in [5.74, 6) is 1.39. The summed E-state index contributed by atoms with van der Waals surface area (Å²) in [4.78, 5) is 21.8. The van der Waals surface area contributed by atoms with Crippen LogP contribution in [0.2, 0.25) is 5.02 Å². The Morgan fingerprint density at radius 3 is 2.51 bits per heavy atom. The van der Waals surface area contributed by atoms with Gasteiger partial charge in [-0.1, -0.05) is 65.8 Å². The first-order chi connectivity index (χ1) is 18.1. The number of fused-ring (bicyclic) bond motifs is 1. The number of nitrogens with zero attached hydrogens (tertiary/aromatic N) is 3. The smallest absolute Gasteiger partial charge is 0.251 e. The Labute approximate surface area is 224 Å². The molecule has 2 aromatic heterocycles. The predicted molar refractivity (Wildman–Crippen MR) is 148 cm³/mol. The predicted octanol–water partition coefficient (Wildman–Crippen LogP) is 6.36. The average Bonchev–Trinajstić information content (AvgIpc) is 3.29. The van der Waals surface area contributed by atoms with Crippen molar-refractivity contribution in [2.45, 2.75) is 24.0 Å². The lowest BCUT2D eigenvalue weighted by Gasteiger charge is -2.11. The number of hydrogen-bond donors (Lipinski definition) is 1. The summed E-state index contributed by atoms with van der Waals surface area (Å²) in [5, 5.41) is 4.61. The number of thioether (sulfide) groups is 1.